The Kier molecular flexibility index (Phi) is 6.81. The molecule has 0 fully saturated rings. The standard InChI is InChI=1S/C26H21FN4O4S2/c1-35-20-9-4-6-17(12-20)15-31-22-11-3-2-10-21(22)25-23(37(31,33)34)14-28-26(30-25)36-16-24(32)29-19-8-5-7-18(27)13-19/h2-14H,15-16H2,1H3,(H,29,32). The Morgan fingerprint density at radius 2 is 1.89 bits per heavy atom. The van der Waals surface area contributed by atoms with Crippen LogP contribution in [-0.2, 0) is 21.4 Å². The monoisotopic (exact) mass is 536 g/mol. The lowest BCUT2D eigenvalue weighted by Crippen LogP contribution is -2.34. The van der Waals surface area contributed by atoms with Crippen LogP contribution in [0.4, 0.5) is 15.8 Å². The Balaban J connectivity index is 1.41. The molecule has 1 aliphatic heterocycles. The normalized spacial score (nSPS) is 13.4. The summed E-state index contributed by atoms with van der Waals surface area (Å²) in [6, 6.07) is 19.9. The molecule has 2 heterocycles. The van der Waals surface area contributed by atoms with Crippen molar-refractivity contribution in [1.82, 2.24) is 9.97 Å². The van der Waals surface area contributed by atoms with Crippen LogP contribution in [0.3, 0.4) is 0 Å². The lowest BCUT2D eigenvalue weighted by molar-refractivity contribution is -0.113. The number of fused-ring (bicyclic) bond motifs is 3. The SMILES string of the molecule is COc1cccc(CN2c3ccccc3-c3nc(SCC(=O)Nc4cccc(F)c4)ncc3S2(=O)=O)c1. The van der Waals surface area contributed by atoms with Crippen molar-refractivity contribution in [2.24, 2.45) is 0 Å². The molecule has 0 unspecified atom stereocenters. The summed E-state index contributed by atoms with van der Waals surface area (Å²) >= 11 is 1.06. The van der Waals surface area contributed by atoms with Crippen LogP contribution in [-0.4, -0.2) is 37.2 Å². The van der Waals surface area contributed by atoms with Gasteiger partial charge in [-0.25, -0.2) is 22.8 Å². The fourth-order valence-electron chi connectivity index (χ4n) is 3.95. The zero-order valence-electron chi connectivity index (χ0n) is 19.6. The van der Waals surface area contributed by atoms with Crippen LogP contribution in [0.2, 0.25) is 0 Å². The van der Waals surface area contributed by atoms with Crippen molar-refractivity contribution in [3.8, 4) is 17.0 Å². The highest BCUT2D eigenvalue weighted by atomic mass is 32.2. The van der Waals surface area contributed by atoms with E-state index in [4.69, 9.17) is 4.74 Å². The first-order valence-electron chi connectivity index (χ1n) is 11.2. The number of hydrogen-bond donors (Lipinski definition) is 1. The van der Waals surface area contributed by atoms with E-state index in [1.54, 1.807) is 43.5 Å². The number of carbonyl (C=O) groups is 1. The number of sulfonamides is 1. The van der Waals surface area contributed by atoms with E-state index in [0.29, 0.717) is 22.7 Å². The van der Waals surface area contributed by atoms with E-state index >= 15 is 0 Å². The first-order chi connectivity index (χ1) is 17.8. The van der Waals surface area contributed by atoms with Gasteiger partial charge in [-0.1, -0.05) is 48.2 Å². The summed E-state index contributed by atoms with van der Waals surface area (Å²) in [6.45, 7) is 0.104. The largest absolute Gasteiger partial charge is 0.497 e. The minimum atomic E-state index is -3.96. The maximum absolute atomic E-state index is 13.6. The van der Waals surface area contributed by atoms with Crippen molar-refractivity contribution in [2.75, 3.05) is 22.5 Å². The third-order valence-corrected chi connectivity index (χ3v) is 8.25. The molecule has 8 nitrogen and oxygen atoms in total. The molecule has 188 valence electrons. The highest BCUT2D eigenvalue weighted by molar-refractivity contribution is 7.99. The third kappa shape index (κ3) is 5.13. The summed E-state index contributed by atoms with van der Waals surface area (Å²) in [6.07, 6.45) is 1.28. The first kappa shape index (κ1) is 24.7. The fraction of sp³-hybridized carbons (Fsp3) is 0.115. The number of ether oxygens (including phenoxy) is 1. The molecular formula is C26H21FN4O4S2. The highest BCUT2D eigenvalue weighted by Gasteiger charge is 2.36. The number of benzene rings is 3. The van der Waals surface area contributed by atoms with Gasteiger partial charge in [-0.15, -0.1) is 0 Å². The van der Waals surface area contributed by atoms with Crippen molar-refractivity contribution in [1.29, 1.82) is 0 Å². The topological polar surface area (TPSA) is 101 Å². The summed E-state index contributed by atoms with van der Waals surface area (Å²) < 4.78 is 47.3. The number of anilines is 2. The Morgan fingerprint density at radius 3 is 2.70 bits per heavy atom. The molecule has 5 rings (SSSR count). The Labute approximate surface area is 217 Å². The van der Waals surface area contributed by atoms with Crippen LogP contribution >= 0.6 is 11.8 Å². The lowest BCUT2D eigenvalue weighted by Gasteiger charge is -2.31. The van der Waals surface area contributed by atoms with Crippen LogP contribution in [0.1, 0.15) is 5.56 Å². The number of halogens is 1. The van der Waals surface area contributed by atoms with Crippen molar-refractivity contribution >= 4 is 39.1 Å². The molecule has 1 aliphatic rings. The van der Waals surface area contributed by atoms with Gasteiger partial charge in [-0.05, 0) is 42.0 Å². The summed E-state index contributed by atoms with van der Waals surface area (Å²) in [5.74, 6) is -0.226. The molecule has 3 aromatic carbocycles. The maximum atomic E-state index is 13.6. The second-order valence-electron chi connectivity index (χ2n) is 8.09. The first-order valence-corrected chi connectivity index (χ1v) is 13.6. The molecule has 1 N–H and O–H groups in total. The predicted octanol–water partition coefficient (Wildman–Crippen LogP) is 4.73. The summed E-state index contributed by atoms with van der Waals surface area (Å²) in [5, 5.41) is 2.86. The van der Waals surface area contributed by atoms with Crippen LogP contribution in [0.15, 0.2) is 89.0 Å². The zero-order chi connectivity index (χ0) is 26.0. The minimum Gasteiger partial charge on any atom is -0.497 e. The van der Waals surface area contributed by atoms with Gasteiger partial charge in [0.05, 0.1) is 37.0 Å². The fourth-order valence-corrected chi connectivity index (χ4v) is 6.12. The van der Waals surface area contributed by atoms with Crippen LogP contribution in [0, 0.1) is 5.82 Å². The Bertz CT molecular complexity index is 1600. The molecule has 4 aromatic rings. The van der Waals surface area contributed by atoms with Gasteiger partial charge < -0.3 is 10.1 Å². The van der Waals surface area contributed by atoms with E-state index in [1.807, 2.05) is 18.2 Å². The number of methoxy groups -OCH3 is 1. The second-order valence-corrected chi connectivity index (χ2v) is 10.9. The minimum absolute atomic E-state index is 0.0114. The molecule has 1 aromatic heterocycles. The number of aromatic nitrogens is 2. The molecule has 0 radical (unpaired) electrons. The van der Waals surface area contributed by atoms with E-state index in [2.05, 4.69) is 15.3 Å². The van der Waals surface area contributed by atoms with Crippen LogP contribution in [0.5, 0.6) is 5.75 Å². The zero-order valence-corrected chi connectivity index (χ0v) is 21.2. The van der Waals surface area contributed by atoms with Crippen molar-refractivity contribution in [3.05, 3.63) is 90.4 Å². The van der Waals surface area contributed by atoms with Gasteiger partial charge in [0, 0.05) is 11.3 Å². The lowest BCUT2D eigenvalue weighted by atomic mass is 10.1. The second kappa shape index (κ2) is 10.2. The quantitative estimate of drug-likeness (QED) is 0.269. The van der Waals surface area contributed by atoms with Crippen molar-refractivity contribution < 1.29 is 22.3 Å². The van der Waals surface area contributed by atoms with Gasteiger partial charge in [0.1, 0.15) is 16.5 Å². The van der Waals surface area contributed by atoms with Gasteiger partial charge in [-0.2, -0.15) is 0 Å². The number of para-hydroxylation sites is 1. The van der Waals surface area contributed by atoms with Crippen LogP contribution in [0.25, 0.3) is 11.3 Å². The smallest absolute Gasteiger partial charge is 0.268 e. The van der Waals surface area contributed by atoms with E-state index in [0.717, 1.165) is 17.3 Å². The van der Waals surface area contributed by atoms with Gasteiger partial charge >= 0.3 is 0 Å². The van der Waals surface area contributed by atoms with Gasteiger partial charge in [0.25, 0.3) is 10.0 Å². The van der Waals surface area contributed by atoms with E-state index in [1.165, 1.54) is 28.7 Å². The van der Waals surface area contributed by atoms with Gasteiger partial charge in [0.15, 0.2) is 5.16 Å². The molecule has 37 heavy (non-hydrogen) atoms. The van der Waals surface area contributed by atoms with Crippen molar-refractivity contribution in [2.45, 2.75) is 16.6 Å². The molecule has 0 saturated heterocycles. The molecule has 1 amide bonds. The third-order valence-electron chi connectivity index (χ3n) is 5.63. The van der Waals surface area contributed by atoms with E-state index < -0.39 is 15.8 Å². The molecule has 0 saturated carbocycles. The highest BCUT2D eigenvalue weighted by Crippen LogP contribution is 2.43. The average Bonchev–Trinajstić information content (AvgIpc) is 2.90. The summed E-state index contributed by atoms with van der Waals surface area (Å²) in [5.41, 5.74) is 2.52. The van der Waals surface area contributed by atoms with Gasteiger partial charge in [-0.3, -0.25) is 9.10 Å². The molecular weight excluding hydrogens is 515 g/mol. The average molecular weight is 537 g/mol. The van der Waals surface area contributed by atoms with E-state index in [-0.39, 0.29) is 34.0 Å². The molecule has 0 spiro atoms. The number of thioether (sulfide) groups is 1. The number of carbonyl (C=O) groups excluding carboxylic acids is 1. The Hall–Kier alpha value is -3.96. The number of nitrogens with zero attached hydrogens (tertiary/aromatic N) is 3. The maximum Gasteiger partial charge on any atom is 0.268 e. The summed E-state index contributed by atoms with van der Waals surface area (Å²) in [4.78, 5) is 21.0. The van der Waals surface area contributed by atoms with Gasteiger partial charge in [0.2, 0.25) is 5.91 Å². The molecule has 11 heteroatoms. The number of nitrogens with one attached hydrogen (secondary N) is 1. The number of rotatable bonds is 7. The summed E-state index contributed by atoms with van der Waals surface area (Å²) in [7, 11) is -2.41. The van der Waals surface area contributed by atoms with Crippen LogP contribution < -0.4 is 14.4 Å². The predicted molar refractivity (Wildman–Crippen MR) is 140 cm³/mol. The molecule has 0 atom stereocenters. The molecule has 0 bridgehead atoms. The van der Waals surface area contributed by atoms with Crippen molar-refractivity contribution in [3.63, 3.8) is 0 Å². The number of amides is 1. The Morgan fingerprint density at radius 1 is 1.08 bits per heavy atom. The van der Waals surface area contributed by atoms with E-state index in [9.17, 15) is 17.6 Å². The molecule has 0 aliphatic carbocycles. The number of hydrogen-bond acceptors (Lipinski definition) is 7.